The van der Waals surface area contributed by atoms with Gasteiger partial charge in [-0.2, -0.15) is 0 Å². The third-order valence-corrected chi connectivity index (χ3v) is 5.31. The molecule has 0 atom stereocenters. The van der Waals surface area contributed by atoms with Crippen molar-refractivity contribution in [2.24, 2.45) is 0 Å². The lowest BCUT2D eigenvalue weighted by Crippen LogP contribution is -2.35. The smallest absolute Gasteiger partial charge is 0.269 e. The van der Waals surface area contributed by atoms with E-state index in [4.69, 9.17) is 4.74 Å². The number of benzene rings is 2. The summed E-state index contributed by atoms with van der Waals surface area (Å²) >= 11 is 0. The highest BCUT2D eigenvalue weighted by molar-refractivity contribution is 5.80. The second-order valence-corrected chi connectivity index (χ2v) is 7.15. The molecule has 2 N–H and O–H groups in total. The van der Waals surface area contributed by atoms with E-state index in [0.29, 0.717) is 6.54 Å². The number of aliphatic hydroxyl groups excluding tert-OH is 1. The predicted octanol–water partition coefficient (Wildman–Crippen LogP) is 2.71. The maximum Gasteiger partial charge on any atom is 0.269 e. The van der Waals surface area contributed by atoms with Crippen LogP contribution in [-0.4, -0.2) is 36.1 Å². The van der Waals surface area contributed by atoms with Crippen molar-refractivity contribution in [3.63, 3.8) is 0 Å². The van der Waals surface area contributed by atoms with Crippen molar-refractivity contribution in [3.8, 4) is 5.75 Å². The molecule has 6 nitrogen and oxygen atoms in total. The van der Waals surface area contributed by atoms with Crippen molar-refractivity contribution in [1.29, 1.82) is 0 Å². The van der Waals surface area contributed by atoms with Crippen LogP contribution in [0.3, 0.4) is 0 Å². The van der Waals surface area contributed by atoms with Crippen molar-refractivity contribution in [1.82, 2.24) is 4.68 Å². The third kappa shape index (κ3) is 3.82. The van der Waals surface area contributed by atoms with E-state index >= 15 is 0 Å². The van der Waals surface area contributed by atoms with Crippen molar-refractivity contribution in [2.75, 3.05) is 30.5 Å². The molecule has 1 aliphatic heterocycles. The predicted molar refractivity (Wildman–Crippen MR) is 112 cm³/mol. The summed E-state index contributed by atoms with van der Waals surface area (Å²) < 4.78 is 6.84. The zero-order valence-corrected chi connectivity index (χ0v) is 16.0. The van der Waals surface area contributed by atoms with Crippen molar-refractivity contribution < 1.29 is 9.84 Å². The van der Waals surface area contributed by atoms with Gasteiger partial charge in [0.15, 0.2) is 0 Å². The molecule has 1 aromatic heterocycles. The van der Waals surface area contributed by atoms with Crippen LogP contribution in [0.4, 0.5) is 5.69 Å². The quantitative estimate of drug-likeness (QED) is 0.714. The van der Waals surface area contributed by atoms with Gasteiger partial charge in [0.2, 0.25) is 0 Å². The Labute approximate surface area is 163 Å². The maximum absolute atomic E-state index is 12.3. The van der Waals surface area contributed by atoms with Gasteiger partial charge in [-0.25, -0.2) is 4.68 Å². The molecule has 4 rings (SSSR count). The Morgan fingerprint density at radius 1 is 1.07 bits per heavy atom. The van der Waals surface area contributed by atoms with Gasteiger partial charge in [-0.05, 0) is 54.8 Å². The summed E-state index contributed by atoms with van der Waals surface area (Å²) in [7, 11) is 1.63. The summed E-state index contributed by atoms with van der Waals surface area (Å²) in [5.41, 5.74) is 6.22. The monoisotopic (exact) mass is 379 g/mol. The van der Waals surface area contributed by atoms with E-state index in [1.54, 1.807) is 17.9 Å². The topological polar surface area (TPSA) is 66.7 Å². The minimum atomic E-state index is -0.168. The summed E-state index contributed by atoms with van der Waals surface area (Å²) in [6.45, 7) is 2.31. The first-order chi connectivity index (χ1) is 13.6. The Morgan fingerprint density at radius 2 is 1.82 bits per heavy atom. The van der Waals surface area contributed by atoms with Crippen LogP contribution >= 0.6 is 0 Å². The van der Waals surface area contributed by atoms with E-state index in [-0.39, 0.29) is 11.7 Å². The van der Waals surface area contributed by atoms with Crippen molar-refractivity contribution in [2.45, 2.75) is 25.5 Å². The molecule has 0 amide bonds. The molecule has 146 valence electrons. The molecule has 0 saturated carbocycles. The molecular weight excluding hydrogens is 354 g/mol. The SMILES string of the molecule is COc1ccc2c(ccc(=O)n2NCc2ccc(N3CCC(O)CC3)cc2)c1. The molecule has 6 heteroatoms. The Hall–Kier alpha value is -2.99. The van der Waals surface area contributed by atoms with Gasteiger partial charge in [-0.3, -0.25) is 4.79 Å². The standard InChI is InChI=1S/C22H25N3O3/c1-28-20-7-8-21-17(14-20)4-9-22(27)25(21)23-15-16-2-5-18(6-3-16)24-12-10-19(26)11-13-24/h2-9,14,19,23,26H,10-13,15H2,1H3. The second-order valence-electron chi connectivity index (χ2n) is 7.15. The first-order valence-electron chi connectivity index (χ1n) is 9.60. The average molecular weight is 379 g/mol. The fourth-order valence-corrected chi connectivity index (χ4v) is 3.63. The number of hydrogen-bond acceptors (Lipinski definition) is 5. The van der Waals surface area contributed by atoms with Crippen LogP contribution in [0.2, 0.25) is 0 Å². The summed E-state index contributed by atoms with van der Waals surface area (Å²) in [5.74, 6) is 0.763. The van der Waals surface area contributed by atoms with Crippen LogP contribution in [0.15, 0.2) is 59.4 Å². The van der Waals surface area contributed by atoms with Gasteiger partial charge in [0.05, 0.1) is 25.3 Å². The molecule has 1 aliphatic rings. The zero-order valence-electron chi connectivity index (χ0n) is 16.0. The van der Waals surface area contributed by atoms with Crippen LogP contribution in [0.1, 0.15) is 18.4 Å². The molecule has 0 aliphatic carbocycles. The molecule has 1 saturated heterocycles. The van der Waals surface area contributed by atoms with Gasteiger partial charge < -0.3 is 20.2 Å². The molecule has 0 radical (unpaired) electrons. The minimum Gasteiger partial charge on any atom is -0.497 e. The molecule has 0 unspecified atom stereocenters. The Morgan fingerprint density at radius 3 is 2.54 bits per heavy atom. The molecule has 28 heavy (non-hydrogen) atoms. The van der Waals surface area contributed by atoms with E-state index in [1.165, 1.54) is 5.69 Å². The molecule has 3 aromatic rings. The lowest BCUT2D eigenvalue weighted by Gasteiger charge is -2.31. The normalized spacial score (nSPS) is 15.0. The molecule has 2 heterocycles. The van der Waals surface area contributed by atoms with E-state index in [9.17, 15) is 9.90 Å². The molecule has 0 bridgehead atoms. The van der Waals surface area contributed by atoms with Crippen LogP contribution in [0, 0.1) is 0 Å². The number of ether oxygens (including phenoxy) is 1. The third-order valence-electron chi connectivity index (χ3n) is 5.31. The van der Waals surface area contributed by atoms with Crippen LogP contribution < -0.4 is 20.6 Å². The number of anilines is 1. The number of rotatable bonds is 5. The number of aromatic nitrogens is 1. The number of piperidine rings is 1. The largest absolute Gasteiger partial charge is 0.497 e. The van der Waals surface area contributed by atoms with E-state index in [0.717, 1.165) is 48.1 Å². The van der Waals surface area contributed by atoms with Gasteiger partial charge in [-0.1, -0.05) is 12.1 Å². The van der Waals surface area contributed by atoms with E-state index in [2.05, 4.69) is 34.6 Å². The summed E-state index contributed by atoms with van der Waals surface area (Å²) in [6.07, 6.45) is 1.47. The molecule has 1 fully saturated rings. The van der Waals surface area contributed by atoms with Gasteiger partial charge in [0.1, 0.15) is 5.75 Å². The number of hydrogen-bond donors (Lipinski definition) is 2. The maximum atomic E-state index is 12.3. The van der Waals surface area contributed by atoms with Gasteiger partial charge in [0, 0.05) is 30.2 Å². The van der Waals surface area contributed by atoms with E-state index < -0.39 is 0 Å². The highest BCUT2D eigenvalue weighted by atomic mass is 16.5. The molecule has 2 aromatic carbocycles. The highest BCUT2D eigenvalue weighted by Gasteiger charge is 2.17. The summed E-state index contributed by atoms with van der Waals surface area (Å²) in [5, 5.41) is 10.6. The van der Waals surface area contributed by atoms with Crippen LogP contribution in [0.25, 0.3) is 10.9 Å². The number of methoxy groups -OCH3 is 1. The van der Waals surface area contributed by atoms with E-state index in [1.807, 2.05) is 24.3 Å². The Balaban J connectivity index is 1.48. The Bertz CT molecular complexity index is 1010. The number of nitrogens with one attached hydrogen (secondary N) is 1. The summed E-state index contributed by atoms with van der Waals surface area (Å²) in [4.78, 5) is 14.6. The molecule has 0 spiro atoms. The lowest BCUT2D eigenvalue weighted by molar-refractivity contribution is 0.145. The summed E-state index contributed by atoms with van der Waals surface area (Å²) in [6, 6.07) is 17.4. The van der Waals surface area contributed by atoms with Crippen LogP contribution in [-0.2, 0) is 6.54 Å². The number of nitrogens with zero attached hydrogens (tertiary/aromatic N) is 2. The van der Waals surface area contributed by atoms with Crippen molar-refractivity contribution in [3.05, 3.63) is 70.5 Å². The number of aliphatic hydroxyl groups is 1. The van der Waals surface area contributed by atoms with Gasteiger partial charge in [0.25, 0.3) is 5.56 Å². The first kappa shape index (κ1) is 18.4. The van der Waals surface area contributed by atoms with Gasteiger partial charge >= 0.3 is 0 Å². The van der Waals surface area contributed by atoms with Crippen molar-refractivity contribution >= 4 is 16.6 Å². The van der Waals surface area contributed by atoms with Crippen LogP contribution in [0.5, 0.6) is 5.75 Å². The lowest BCUT2D eigenvalue weighted by atomic mass is 10.1. The number of pyridine rings is 1. The fourth-order valence-electron chi connectivity index (χ4n) is 3.63. The highest BCUT2D eigenvalue weighted by Crippen LogP contribution is 2.21. The minimum absolute atomic E-state index is 0.0961. The average Bonchev–Trinajstić information content (AvgIpc) is 2.74. The second kappa shape index (κ2) is 7.94. The van der Waals surface area contributed by atoms with Gasteiger partial charge in [-0.15, -0.1) is 0 Å². The Kier molecular flexibility index (Phi) is 5.21. The first-order valence-corrected chi connectivity index (χ1v) is 9.60. The zero-order chi connectivity index (χ0) is 19.5. The fraction of sp³-hybridized carbons (Fsp3) is 0.318. The molecular formula is C22H25N3O3. The number of fused-ring (bicyclic) bond motifs is 1.